The number of halogens is 1. The van der Waals surface area contributed by atoms with Gasteiger partial charge in [0, 0.05) is 17.5 Å². The highest BCUT2D eigenvalue weighted by molar-refractivity contribution is 7.15. The molecule has 0 fully saturated rings. The summed E-state index contributed by atoms with van der Waals surface area (Å²) < 4.78 is 18.5. The summed E-state index contributed by atoms with van der Waals surface area (Å²) in [6.07, 6.45) is 2.36. The van der Waals surface area contributed by atoms with E-state index in [-0.39, 0.29) is 18.3 Å². The first kappa shape index (κ1) is 18.1. The van der Waals surface area contributed by atoms with Crippen LogP contribution in [0.15, 0.2) is 48.7 Å². The van der Waals surface area contributed by atoms with Crippen molar-refractivity contribution in [3.05, 3.63) is 76.0 Å². The monoisotopic (exact) mass is 370 g/mol. The Morgan fingerprint density at radius 3 is 2.69 bits per heavy atom. The topological polar surface area (TPSA) is 51.2 Å². The molecule has 3 rings (SSSR count). The molecule has 0 atom stereocenters. The van der Waals surface area contributed by atoms with Crippen molar-refractivity contribution in [2.24, 2.45) is 0 Å². The van der Waals surface area contributed by atoms with Crippen LogP contribution in [0, 0.1) is 19.7 Å². The molecular formula is C20H19FN2O2S. The van der Waals surface area contributed by atoms with E-state index in [0.29, 0.717) is 17.3 Å². The van der Waals surface area contributed by atoms with Crippen LogP contribution in [0.3, 0.4) is 0 Å². The van der Waals surface area contributed by atoms with Gasteiger partial charge in [-0.1, -0.05) is 29.8 Å². The average Bonchev–Trinajstić information content (AvgIpc) is 3.03. The second-order valence-electron chi connectivity index (χ2n) is 6.04. The highest BCUT2D eigenvalue weighted by Gasteiger charge is 2.09. The van der Waals surface area contributed by atoms with E-state index in [0.717, 1.165) is 21.6 Å². The number of benzene rings is 2. The number of aryl methyl sites for hydroxylation is 2. The minimum atomic E-state index is -0.257. The fraction of sp³-hybridized carbons (Fsp3) is 0.200. The van der Waals surface area contributed by atoms with E-state index in [9.17, 15) is 9.18 Å². The summed E-state index contributed by atoms with van der Waals surface area (Å²) in [5.41, 5.74) is 3.13. The number of aromatic nitrogens is 1. The molecule has 1 amide bonds. The second-order valence-corrected chi connectivity index (χ2v) is 7.16. The van der Waals surface area contributed by atoms with Gasteiger partial charge in [0.1, 0.15) is 11.6 Å². The summed E-state index contributed by atoms with van der Waals surface area (Å²) in [5, 5.41) is 3.27. The van der Waals surface area contributed by atoms with Gasteiger partial charge in [0.25, 0.3) is 5.91 Å². The summed E-state index contributed by atoms with van der Waals surface area (Å²) in [7, 11) is 0. The van der Waals surface area contributed by atoms with Crippen LogP contribution in [-0.2, 0) is 11.2 Å². The minimum absolute atomic E-state index is 0.0726. The Kier molecular flexibility index (Phi) is 5.63. The van der Waals surface area contributed by atoms with E-state index in [1.807, 2.05) is 32.0 Å². The normalized spacial score (nSPS) is 10.6. The Hall–Kier alpha value is -2.73. The number of hydrogen-bond acceptors (Lipinski definition) is 4. The van der Waals surface area contributed by atoms with Crippen LogP contribution in [0.5, 0.6) is 5.75 Å². The summed E-state index contributed by atoms with van der Waals surface area (Å²) in [4.78, 5) is 17.3. The van der Waals surface area contributed by atoms with Crippen LogP contribution < -0.4 is 10.1 Å². The number of carbonyl (C=O) groups excluding carboxylic acids is 1. The lowest BCUT2D eigenvalue weighted by Gasteiger charge is -2.09. The molecule has 1 aromatic heterocycles. The third kappa shape index (κ3) is 4.89. The SMILES string of the molecule is Cc1ccc(OCC(=O)Nc2ncc(Cc3ccc(F)cc3)s2)c(C)c1. The Balaban J connectivity index is 1.53. The molecular weight excluding hydrogens is 351 g/mol. The van der Waals surface area contributed by atoms with E-state index in [1.54, 1.807) is 18.3 Å². The van der Waals surface area contributed by atoms with Crippen molar-refractivity contribution in [2.45, 2.75) is 20.3 Å². The van der Waals surface area contributed by atoms with Gasteiger partial charge in [-0.3, -0.25) is 10.1 Å². The van der Waals surface area contributed by atoms with Crippen LogP contribution in [0.1, 0.15) is 21.6 Å². The van der Waals surface area contributed by atoms with Crippen molar-refractivity contribution >= 4 is 22.4 Å². The van der Waals surface area contributed by atoms with Gasteiger partial charge in [-0.05, 0) is 43.2 Å². The minimum Gasteiger partial charge on any atom is -0.483 e. The number of ether oxygens (including phenoxy) is 1. The smallest absolute Gasteiger partial charge is 0.264 e. The average molecular weight is 370 g/mol. The van der Waals surface area contributed by atoms with Gasteiger partial charge < -0.3 is 4.74 Å². The molecule has 3 aromatic rings. The molecule has 0 unspecified atom stereocenters. The Bertz CT molecular complexity index is 906. The Morgan fingerprint density at radius 2 is 1.96 bits per heavy atom. The molecule has 134 valence electrons. The molecule has 6 heteroatoms. The number of nitrogens with one attached hydrogen (secondary N) is 1. The van der Waals surface area contributed by atoms with E-state index >= 15 is 0 Å². The second kappa shape index (κ2) is 8.10. The Morgan fingerprint density at radius 1 is 1.19 bits per heavy atom. The number of anilines is 1. The van der Waals surface area contributed by atoms with Crippen LogP contribution >= 0.6 is 11.3 Å². The van der Waals surface area contributed by atoms with Crippen molar-refractivity contribution in [1.82, 2.24) is 4.98 Å². The van der Waals surface area contributed by atoms with Gasteiger partial charge in [-0.2, -0.15) is 0 Å². The molecule has 0 saturated carbocycles. The maximum atomic E-state index is 12.9. The lowest BCUT2D eigenvalue weighted by Crippen LogP contribution is -2.20. The van der Waals surface area contributed by atoms with Gasteiger partial charge >= 0.3 is 0 Å². The molecule has 0 aliphatic carbocycles. The van der Waals surface area contributed by atoms with E-state index in [4.69, 9.17) is 4.74 Å². The van der Waals surface area contributed by atoms with Crippen molar-refractivity contribution in [2.75, 3.05) is 11.9 Å². The quantitative estimate of drug-likeness (QED) is 0.695. The summed E-state index contributed by atoms with van der Waals surface area (Å²) in [5.74, 6) is 0.185. The molecule has 0 radical (unpaired) electrons. The van der Waals surface area contributed by atoms with Crippen LogP contribution in [0.4, 0.5) is 9.52 Å². The van der Waals surface area contributed by atoms with Gasteiger partial charge in [-0.25, -0.2) is 9.37 Å². The first-order chi connectivity index (χ1) is 12.5. The highest BCUT2D eigenvalue weighted by Crippen LogP contribution is 2.22. The highest BCUT2D eigenvalue weighted by atomic mass is 32.1. The molecule has 0 aliphatic rings. The molecule has 0 spiro atoms. The van der Waals surface area contributed by atoms with Crippen molar-refractivity contribution < 1.29 is 13.9 Å². The number of hydrogen-bond donors (Lipinski definition) is 1. The zero-order valence-corrected chi connectivity index (χ0v) is 15.4. The molecule has 26 heavy (non-hydrogen) atoms. The molecule has 0 aliphatic heterocycles. The van der Waals surface area contributed by atoms with Crippen LogP contribution in [0.2, 0.25) is 0 Å². The lowest BCUT2D eigenvalue weighted by molar-refractivity contribution is -0.118. The molecule has 0 saturated heterocycles. The van der Waals surface area contributed by atoms with Crippen molar-refractivity contribution in [1.29, 1.82) is 0 Å². The first-order valence-corrected chi connectivity index (χ1v) is 9.00. The van der Waals surface area contributed by atoms with E-state index in [2.05, 4.69) is 10.3 Å². The van der Waals surface area contributed by atoms with Crippen molar-refractivity contribution in [3.8, 4) is 5.75 Å². The standard InChI is InChI=1S/C20H19FN2O2S/c1-13-3-8-18(14(2)9-13)25-12-19(24)23-20-22-11-17(26-20)10-15-4-6-16(21)7-5-15/h3-9,11H,10,12H2,1-2H3,(H,22,23,24). The zero-order chi connectivity index (χ0) is 18.5. The molecule has 2 aromatic carbocycles. The number of carbonyl (C=O) groups is 1. The van der Waals surface area contributed by atoms with Gasteiger partial charge in [0.05, 0.1) is 0 Å². The molecule has 4 nitrogen and oxygen atoms in total. The number of amides is 1. The Labute approximate surface area is 155 Å². The molecule has 1 heterocycles. The van der Waals surface area contributed by atoms with Crippen molar-refractivity contribution in [3.63, 3.8) is 0 Å². The van der Waals surface area contributed by atoms with Gasteiger partial charge in [0.15, 0.2) is 11.7 Å². The maximum absolute atomic E-state index is 12.9. The van der Waals surface area contributed by atoms with Crippen LogP contribution in [-0.4, -0.2) is 17.5 Å². The third-order valence-corrected chi connectivity index (χ3v) is 4.69. The van der Waals surface area contributed by atoms with Gasteiger partial charge in [0.2, 0.25) is 0 Å². The van der Waals surface area contributed by atoms with Gasteiger partial charge in [-0.15, -0.1) is 11.3 Å². The summed E-state index contributed by atoms with van der Waals surface area (Å²) in [6, 6.07) is 12.2. The van der Waals surface area contributed by atoms with E-state index < -0.39 is 0 Å². The molecule has 1 N–H and O–H groups in total. The van der Waals surface area contributed by atoms with E-state index in [1.165, 1.54) is 23.5 Å². The molecule has 0 bridgehead atoms. The summed E-state index contributed by atoms with van der Waals surface area (Å²) in [6.45, 7) is 3.88. The van der Waals surface area contributed by atoms with Crippen LogP contribution in [0.25, 0.3) is 0 Å². The first-order valence-electron chi connectivity index (χ1n) is 8.18. The fourth-order valence-electron chi connectivity index (χ4n) is 2.51. The largest absolute Gasteiger partial charge is 0.483 e. The zero-order valence-electron chi connectivity index (χ0n) is 14.6. The predicted molar refractivity (Wildman–Crippen MR) is 101 cm³/mol. The number of rotatable bonds is 6. The predicted octanol–water partition coefficient (Wildman–Crippen LogP) is 4.51. The third-order valence-electron chi connectivity index (χ3n) is 3.78. The number of thiazole rings is 1. The lowest BCUT2D eigenvalue weighted by atomic mass is 10.1. The fourth-order valence-corrected chi connectivity index (χ4v) is 3.37. The maximum Gasteiger partial charge on any atom is 0.264 e. The number of nitrogens with zero attached hydrogens (tertiary/aromatic N) is 1. The summed E-state index contributed by atoms with van der Waals surface area (Å²) >= 11 is 1.39.